The van der Waals surface area contributed by atoms with E-state index in [1.165, 1.54) is 0 Å². The van der Waals surface area contributed by atoms with E-state index in [1.807, 2.05) is 24.3 Å². The smallest absolute Gasteiger partial charge is 0.224 e. The number of amides is 1. The number of hydrogen-bond donors (Lipinski definition) is 2. The first-order valence-electron chi connectivity index (χ1n) is 7.67. The zero-order valence-electron chi connectivity index (χ0n) is 12.8. The van der Waals surface area contributed by atoms with E-state index >= 15 is 0 Å². The van der Waals surface area contributed by atoms with Crippen LogP contribution >= 0.6 is 0 Å². The Balaban J connectivity index is 1.67. The van der Waals surface area contributed by atoms with E-state index in [4.69, 9.17) is 5.73 Å². The zero-order chi connectivity index (χ0) is 15.1. The molecule has 116 valence electrons. The molecule has 0 aliphatic carbocycles. The van der Waals surface area contributed by atoms with E-state index < -0.39 is 0 Å². The van der Waals surface area contributed by atoms with Crippen LogP contribution in [0.2, 0.25) is 0 Å². The molecule has 1 aromatic rings. The highest BCUT2D eigenvalue weighted by Crippen LogP contribution is 2.11. The summed E-state index contributed by atoms with van der Waals surface area (Å²) in [6, 6.07) is 7.71. The summed E-state index contributed by atoms with van der Waals surface area (Å²) in [6.07, 6.45) is 1.48. The van der Waals surface area contributed by atoms with Crippen LogP contribution in [0, 0.1) is 0 Å². The number of hydrogen-bond acceptors (Lipinski definition) is 4. The summed E-state index contributed by atoms with van der Waals surface area (Å²) >= 11 is 0. The van der Waals surface area contributed by atoms with Gasteiger partial charge in [-0.05, 0) is 37.7 Å². The molecule has 21 heavy (non-hydrogen) atoms. The van der Waals surface area contributed by atoms with Gasteiger partial charge in [0.1, 0.15) is 0 Å². The molecular formula is C16H26N4O. The van der Waals surface area contributed by atoms with Crippen molar-refractivity contribution in [3.63, 3.8) is 0 Å². The third-order valence-electron chi connectivity index (χ3n) is 3.92. The first-order valence-corrected chi connectivity index (χ1v) is 7.67. The van der Waals surface area contributed by atoms with Crippen molar-refractivity contribution in [1.29, 1.82) is 0 Å². The van der Waals surface area contributed by atoms with Gasteiger partial charge in [-0.1, -0.05) is 12.1 Å². The summed E-state index contributed by atoms with van der Waals surface area (Å²) in [5.74, 6) is 0.0818. The van der Waals surface area contributed by atoms with Gasteiger partial charge < -0.3 is 20.9 Å². The minimum Gasteiger partial charge on any atom is -0.326 e. The average molecular weight is 290 g/mol. The number of nitrogens with zero attached hydrogens (tertiary/aromatic N) is 2. The lowest BCUT2D eigenvalue weighted by molar-refractivity contribution is -0.116. The van der Waals surface area contributed by atoms with Crippen molar-refractivity contribution in [3.8, 4) is 0 Å². The standard InChI is InChI=1S/C16H26N4O/c1-19-8-10-20(11-9-19)7-3-6-16(21)18-15-5-2-4-14(12-15)13-17/h2,4-5,12H,3,6-11,13,17H2,1H3,(H,18,21). The van der Waals surface area contributed by atoms with E-state index in [1.54, 1.807) is 0 Å². The lowest BCUT2D eigenvalue weighted by atomic mass is 10.2. The predicted octanol–water partition coefficient (Wildman–Crippen LogP) is 1.11. The molecule has 0 saturated carbocycles. The van der Waals surface area contributed by atoms with Crippen LogP contribution in [0.3, 0.4) is 0 Å². The SMILES string of the molecule is CN1CCN(CCCC(=O)Nc2cccc(CN)c2)CC1. The number of carbonyl (C=O) groups excluding carboxylic acids is 1. The van der Waals surface area contributed by atoms with E-state index in [0.717, 1.165) is 50.4 Å². The van der Waals surface area contributed by atoms with Crippen molar-refractivity contribution in [2.24, 2.45) is 5.73 Å². The Hall–Kier alpha value is -1.43. The molecule has 5 nitrogen and oxygen atoms in total. The molecule has 2 rings (SSSR count). The molecule has 1 aliphatic heterocycles. The molecule has 1 saturated heterocycles. The third kappa shape index (κ3) is 5.46. The van der Waals surface area contributed by atoms with Crippen molar-refractivity contribution < 1.29 is 4.79 Å². The average Bonchev–Trinajstić information content (AvgIpc) is 2.49. The Kier molecular flexibility index (Phi) is 6.17. The molecule has 5 heteroatoms. The number of rotatable bonds is 6. The van der Waals surface area contributed by atoms with E-state index in [0.29, 0.717) is 13.0 Å². The monoisotopic (exact) mass is 290 g/mol. The van der Waals surface area contributed by atoms with Gasteiger partial charge in [-0.2, -0.15) is 0 Å². The van der Waals surface area contributed by atoms with Crippen LogP contribution in [0.1, 0.15) is 18.4 Å². The molecule has 1 aliphatic rings. The second-order valence-electron chi connectivity index (χ2n) is 5.70. The lowest BCUT2D eigenvalue weighted by Gasteiger charge is -2.32. The normalized spacial score (nSPS) is 16.9. The number of piperazine rings is 1. The minimum atomic E-state index is 0.0818. The van der Waals surface area contributed by atoms with Crippen molar-refractivity contribution in [2.75, 3.05) is 45.1 Å². The maximum absolute atomic E-state index is 11.9. The largest absolute Gasteiger partial charge is 0.326 e. The highest BCUT2D eigenvalue weighted by Gasteiger charge is 2.13. The van der Waals surface area contributed by atoms with Crippen LogP contribution in [0.5, 0.6) is 0 Å². The Morgan fingerprint density at radius 2 is 2.05 bits per heavy atom. The van der Waals surface area contributed by atoms with Crippen molar-refractivity contribution in [3.05, 3.63) is 29.8 Å². The van der Waals surface area contributed by atoms with Gasteiger partial charge in [0.05, 0.1) is 0 Å². The second-order valence-corrected chi connectivity index (χ2v) is 5.70. The van der Waals surface area contributed by atoms with Crippen molar-refractivity contribution in [2.45, 2.75) is 19.4 Å². The van der Waals surface area contributed by atoms with Gasteiger partial charge >= 0.3 is 0 Å². The van der Waals surface area contributed by atoms with Crippen LogP contribution in [0.4, 0.5) is 5.69 Å². The van der Waals surface area contributed by atoms with E-state index in [-0.39, 0.29) is 5.91 Å². The maximum Gasteiger partial charge on any atom is 0.224 e. The Bertz CT molecular complexity index is 455. The van der Waals surface area contributed by atoms with Crippen LogP contribution in [0.15, 0.2) is 24.3 Å². The maximum atomic E-state index is 11.9. The topological polar surface area (TPSA) is 61.6 Å². The number of benzene rings is 1. The molecule has 1 aromatic carbocycles. The molecule has 0 bridgehead atoms. The molecule has 0 aromatic heterocycles. The van der Waals surface area contributed by atoms with Gasteiger partial charge in [0.2, 0.25) is 5.91 Å². The van der Waals surface area contributed by atoms with Crippen molar-refractivity contribution in [1.82, 2.24) is 9.80 Å². The summed E-state index contributed by atoms with van der Waals surface area (Å²) in [5.41, 5.74) is 7.47. The van der Waals surface area contributed by atoms with Gasteiger partial charge in [-0.25, -0.2) is 0 Å². The summed E-state index contributed by atoms with van der Waals surface area (Å²) in [6.45, 7) is 5.96. The summed E-state index contributed by atoms with van der Waals surface area (Å²) in [4.78, 5) is 16.7. The number of carbonyl (C=O) groups is 1. The van der Waals surface area contributed by atoms with Gasteiger partial charge in [-0.15, -0.1) is 0 Å². The van der Waals surface area contributed by atoms with E-state index in [9.17, 15) is 4.79 Å². The van der Waals surface area contributed by atoms with Crippen LogP contribution in [-0.4, -0.2) is 55.5 Å². The van der Waals surface area contributed by atoms with E-state index in [2.05, 4.69) is 22.2 Å². The molecule has 0 radical (unpaired) electrons. The molecular weight excluding hydrogens is 264 g/mol. The third-order valence-corrected chi connectivity index (χ3v) is 3.92. The quantitative estimate of drug-likeness (QED) is 0.824. The molecule has 0 spiro atoms. The van der Waals surface area contributed by atoms with Crippen LogP contribution in [-0.2, 0) is 11.3 Å². The highest BCUT2D eigenvalue weighted by atomic mass is 16.1. The van der Waals surface area contributed by atoms with Crippen LogP contribution < -0.4 is 11.1 Å². The Morgan fingerprint density at radius 3 is 2.76 bits per heavy atom. The first-order chi connectivity index (χ1) is 10.2. The highest BCUT2D eigenvalue weighted by molar-refractivity contribution is 5.90. The van der Waals surface area contributed by atoms with Gasteiger partial charge in [-0.3, -0.25) is 4.79 Å². The van der Waals surface area contributed by atoms with Gasteiger partial charge in [0.25, 0.3) is 0 Å². The summed E-state index contributed by atoms with van der Waals surface area (Å²) in [7, 11) is 2.15. The summed E-state index contributed by atoms with van der Waals surface area (Å²) < 4.78 is 0. The number of likely N-dealkylation sites (N-methyl/N-ethyl adjacent to an activating group) is 1. The fourth-order valence-electron chi connectivity index (χ4n) is 2.53. The molecule has 1 fully saturated rings. The molecule has 1 heterocycles. The molecule has 3 N–H and O–H groups in total. The Morgan fingerprint density at radius 1 is 1.29 bits per heavy atom. The van der Waals surface area contributed by atoms with Crippen LogP contribution in [0.25, 0.3) is 0 Å². The minimum absolute atomic E-state index is 0.0818. The fraction of sp³-hybridized carbons (Fsp3) is 0.562. The first kappa shape index (κ1) is 15.9. The summed E-state index contributed by atoms with van der Waals surface area (Å²) in [5, 5.41) is 2.94. The molecule has 0 unspecified atom stereocenters. The van der Waals surface area contributed by atoms with Crippen molar-refractivity contribution >= 4 is 11.6 Å². The number of nitrogens with two attached hydrogens (primary N) is 1. The van der Waals surface area contributed by atoms with Gasteiger partial charge in [0.15, 0.2) is 0 Å². The molecule has 0 atom stereocenters. The number of nitrogens with one attached hydrogen (secondary N) is 1. The fourth-order valence-corrected chi connectivity index (χ4v) is 2.53. The number of anilines is 1. The second kappa shape index (κ2) is 8.12. The van der Waals surface area contributed by atoms with Gasteiger partial charge in [0, 0.05) is 44.8 Å². The lowest BCUT2D eigenvalue weighted by Crippen LogP contribution is -2.44. The Labute approximate surface area is 127 Å². The molecule has 1 amide bonds. The zero-order valence-corrected chi connectivity index (χ0v) is 12.8. The predicted molar refractivity (Wildman–Crippen MR) is 86.1 cm³/mol.